The Balaban J connectivity index is 2.21. The summed E-state index contributed by atoms with van der Waals surface area (Å²) in [5.41, 5.74) is 7.50. The third-order valence-electron chi connectivity index (χ3n) is 2.48. The molecule has 2 rings (SSSR count). The normalized spacial score (nSPS) is 10.8. The first-order valence-corrected chi connectivity index (χ1v) is 6.14. The molecule has 0 aliphatic rings. The smallest absolute Gasteiger partial charge is 0.0598 e. The van der Waals surface area contributed by atoms with E-state index in [9.17, 15) is 0 Å². The molecule has 0 saturated heterocycles. The summed E-state index contributed by atoms with van der Waals surface area (Å²) < 4.78 is 1.88. The second kappa shape index (κ2) is 5.54. The lowest BCUT2D eigenvalue weighted by Crippen LogP contribution is -2.05. The Morgan fingerprint density at radius 3 is 2.71 bits per heavy atom. The number of aryl methyl sites for hydroxylation is 1. The lowest BCUT2D eigenvalue weighted by Gasteiger charge is -2.00. The molecule has 1 heterocycles. The molecule has 90 valence electrons. The molecular formula is C12H13Cl2N3. The van der Waals surface area contributed by atoms with Gasteiger partial charge in [-0.2, -0.15) is 5.10 Å². The van der Waals surface area contributed by atoms with Crippen LogP contribution in [0.1, 0.15) is 6.42 Å². The van der Waals surface area contributed by atoms with Crippen molar-refractivity contribution in [1.82, 2.24) is 9.78 Å². The van der Waals surface area contributed by atoms with Crippen LogP contribution in [0, 0.1) is 0 Å². The Kier molecular flexibility index (Phi) is 4.05. The number of nitrogens with two attached hydrogens (primary N) is 1. The van der Waals surface area contributed by atoms with Gasteiger partial charge in [0.15, 0.2) is 0 Å². The quantitative estimate of drug-likeness (QED) is 0.927. The fraction of sp³-hybridized carbons (Fsp3) is 0.250. The van der Waals surface area contributed by atoms with Crippen molar-refractivity contribution in [1.29, 1.82) is 0 Å². The van der Waals surface area contributed by atoms with Crippen molar-refractivity contribution >= 4 is 23.2 Å². The van der Waals surface area contributed by atoms with Gasteiger partial charge < -0.3 is 5.73 Å². The molecule has 0 aliphatic heterocycles. The third-order valence-corrected chi connectivity index (χ3v) is 3.22. The SMILES string of the molecule is NCCCn1cc(-c2ccc(Cl)c(Cl)c2)cn1. The van der Waals surface area contributed by atoms with Crippen LogP contribution in [0.2, 0.25) is 10.0 Å². The Hall–Kier alpha value is -1.03. The second-order valence-corrected chi connectivity index (χ2v) is 4.58. The summed E-state index contributed by atoms with van der Waals surface area (Å²) in [6.07, 6.45) is 4.72. The van der Waals surface area contributed by atoms with Crippen LogP contribution in [0.15, 0.2) is 30.6 Å². The zero-order chi connectivity index (χ0) is 12.3. The summed E-state index contributed by atoms with van der Waals surface area (Å²) in [7, 11) is 0. The average Bonchev–Trinajstić information content (AvgIpc) is 2.79. The molecular weight excluding hydrogens is 257 g/mol. The van der Waals surface area contributed by atoms with Crippen molar-refractivity contribution in [2.75, 3.05) is 6.54 Å². The molecule has 0 amide bonds. The van der Waals surface area contributed by atoms with Crippen LogP contribution in [0.4, 0.5) is 0 Å². The molecule has 5 heteroatoms. The topological polar surface area (TPSA) is 43.8 Å². The van der Waals surface area contributed by atoms with Gasteiger partial charge in [0.05, 0.1) is 16.2 Å². The Labute approximate surface area is 110 Å². The lowest BCUT2D eigenvalue weighted by molar-refractivity contribution is 0.585. The second-order valence-electron chi connectivity index (χ2n) is 3.76. The first-order chi connectivity index (χ1) is 8.20. The number of nitrogens with zero attached hydrogens (tertiary/aromatic N) is 2. The number of aromatic nitrogens is 2. The highest BCUT2D eigenvalue weighted by molar-refractivity contribution is 6.42. The van der Waals surface area contributed by atoms with E-state index in [1.165, 1.54) is 0 Å². The number of benzene rings is 1. The van der Waals surface area contributed by atoms with Crippen LogP contribution < -0.4 is 5.73 Å². The molecule has 0 atom stereocenters. The number of rotatable bonds is 4. The van der Waals surface area contributed by atoms with Crippen LogP contribution in [-0.2, 0) is 6.54 Å². The van der Waals surface area contributed by atoms with Gasteiger partial charge in [0, 0.05) is 18.3 Å². The van der Waals surface area contributed by atoms with Crippen molar-refractivity contribution in [3.05, 3.63) is 40.6 Å². The maximum absolute atomic E-state index is 5.98. The molecule has 0 bridgehead atoms. The summed E-state index contributed by atoms with van der Waals surface area (Å²) in [4.78, 5) is 0. The standard InChI is InChI=1S/C12H13Cl2N3/c13-11-3-2-9(6-12(11)14)10-7-16-17(8-10)5-1-4-15/h2-3,6-8H,1,4-5,15H2. The van der Waals surface area contributed by atoms with E-state index >= 15 is 0 Å². The van der Waals surface area contributed by atoms with Crippen LogP contribution >= 0.6 is 23.2 Å². The predicted octanol–water partition coefficient (Wildman–Crippen LogP) is 3.21. The highest BCUT2D eigenvalue weighted by Gasteiger charge is 2.04. The maximum Gasteiger partial charge on any atom is 0.0598 e. The molecule has 0 unspecified atom stereocenters. The van der Waals surface area contributed by atoms with Crippen molar-refractivity contribution in [3.8, 4) is 11.1 Å². The molecule has 17 heavy (non-hydrogen) atoms. The zero-order valence-electron chi connectivity index (χ0n) is 9.24. The van der Waals surface area contributed by atoms with Gasteiger partial charge >= 0.3 is 0 Å². The minimum atomic E-state index is 0.555. The summed E-state index contributed by atoms with van der Waals surface area (Å²) in [6, 6.07) is 5.56. The maximum atomic E-state index is 5.98. The average molecular weight is 270 g/mol. The van der Waals surface area contributed by atoms with Crippen molar-refractivity contribution in [3.63, 3.8) is 0 Å². The Bertz CT molecular complexity index is 508. The highest BCUT2D eigenvalue weighted by atomic mass is 35.5. The van der Waals surface area contributed by atoms with E-state index in [-0.39, 0.29) is 0 Å². The molecule has 0 aliphatic carbocycles. The van der Waals surface area contributed by atoms with E-state index in [1.807, 2.05) is 29.2 Å². The molecule has 3 nitrogen and oxygen atoms in total. The van der Waals surface area contributed by atoms with E-state index in [1.54, 1.807) is 6.07 Å². The molecule has 0 fully saturated rings. The fourth-order valence-electron chi connectivity index (χ4n) is 1.56. The van der Waals surface area contributed by atoms with Gasteiger partial charge in [0.2, 0.25) is 0 Å². The van der Waals surface area contributed by atoms with Crippen molar-refractivity contribution in [2.45, 2.75) is 13.0 Å². The lowest BCUT2D eigenvalue weighted by atomic mass is 10.1. The fourth-order valence-corrected chi connectivity index (χ4v) is 1.86. The first-order valence-electron chi connectivity index (χ1n) is 5.38. The number of halogens is 2. The molecule has 0 spiro atoms. The summed E-state index contributed by atoms with van der Waals surface area (Å²) >= 11 is 11.9. The van der Waals surface area contributed by atoms with Gasteiger partial charge in [-0.1, -0.05) is 29.3 Å². The highest BCUT2D eigenvalue weighted by Crippen LogP contribution is 2.28. The minimum absolute atomic E-state index is 0.555. The number of hydrogen-bond donors (Lipinski definition) is 1. The Morgan fingerprint density at radius 1 is 1.18 bits per heavy atom. The van der Waals surface area contributed by atoms with Crippen LogP contribution in [-0.4, -0.2) is 16.3 Å². The van der Waals surface area contributed by atoms with E-state index in [4.69, 9.17) is 28.9 Å². The number of hydrogen-bond acceptors (Lipinski definition) is 2. The van der Waals surface area contributed by atoms with Crippen molar-refractivity contribution < 1.29 is 0 Å². The van der Waals surface area contributed by atoms with E-state index in [2.05, 4.69) is 5.10 Å². The van der Waals surface area contributed by atoms with Gasteiger partial charge in [-0.3, -0.25) is 4.68 Å². The summed E-state index contributed by atoms with van der Waals surface area (Å²) in [6.45, 7) is 1.50. The summed E-state index contributed by atoms with van der Waals surface area (Å²) in [5.74, 6) is 0. The van der Waals surface area contributed by atoms with E-state index in [0.29, 0.717) is 16.6 Å². The van der Waals surface area contributed by atoms with E-state index in [0.717, 1.165) is 24.1 Å². The molecule has 0 saturated carbocycles. The molecule has 0 radical (unpaired) electrons. The first kappa shape index (κ1) is 12.4. The molecule has 1 aromatic carbocycles. The van der Waals surface area contributed by atoms with Gasteiger partial charge in [-0.05, 0) is 30.7 Å². The monoisotopic (exact) mass is 269 g/mol. The largest absolute Gasteiger partial charge is 0.330 e. The van der Waals surface area contributed by atoms with Crippen LogP contribution in [0.3, 0.4) is 0 Å². The van der Waals surface area contributed by atoms with Gasteiger partial charge in [0.1, 0.15) is 0 Å². The van der Waals surface area contributed by atoms with Gasteiger partial charge in [-0.25, -0.2) is 0 Å². The van der Waals surface area contributed by atoms with Crippen LogP contribution in [0.25, 0.3) is 11.1 Å². The van der Waals surface area contributed by atoms with E-state index < -0.39 is 0 Å². The van der Waals surface area contributed by atoms with Crippen molar-refractivity contribution in [2.24, 2.45) is 5.73 Å². The summed E-state index contributed by atoms with van der Waals surface area (Å²) in [5, 5.41) is 5.38. The predicted molar refractivity (Wildman–Crippen MR) is 71.4 cm³/mol. The minimum Gasteiger partial charge on any atom is -0.330 e. The van der Waals surface area contributed by atoms with Gasteiger partial charge in [-0.15, -0.1) is 0 Å². The molecule has 2 aromatic rings. The Morgan fingerprint density at radius 2 is 2.00 bits per heavy atom. The van der Waals surface area contributed by atoms with Crippen LogP contribution in [0.5, 0.6) is 0 Å². The molecule has 1 aromatic heterocycles. The third kappa shape index (κ3) is 3.00. The molecule has 2 N–H and O–H groups in total. The zero-order valence-corrected chi connectivity index (χ0v) is 10.7. The van der Waals surface area contributed by atoms with Gasteiger partial charge in [0.25, 0.3) is 0 Å².